The molecule has 1 heterocycles. The molecule has 0 unspecified atom stereocenters. The molecule has 0 atom stereocenters. The standard InChI is InChI=1S/C15H19N3O2/c1-11(2)8-9-18-13(14(15(19)20)16-17-18)10-12-6-4-3-5-7-12/h3-7,11H,8-10H2,1-2H3,(H,19,20). The van der Waals surface area contributed by atoms with Crippen molar-refractivity contribution >= 4 is 5.97 Å². The molecule has 5 nitrogen and oxygen atoms in total. The normalized spacial score (nSPS) is 10.9. The number of carboxylic acid groups (broad SMARTS) is 1. The Morgan fingerprint density at radius 1 is 1.30 bits per heavy atom. The Hall–Kier alpha value is -2.17. The Labute approximate surface area is 118 Å². The zero-order chi connectivity index (χ0) is 14.5. The highest BCUT2D eigenvalue weighted by atomic mass is 16.4. The van der Waals surface area contributed by atoms with Gasteiger partial charge in [-0.1, -0.05) is 49.4 Å². The van der Waals surface area contributed by atoms with Gasteiger partial charge in [-0.2, -0.15) is 0 Å². The van der Waals surface area contributed by atoms with Crippen LogP contribution in [-0.4, -0.2) is 26.1 Å². The lowest BCUT2D eigenvalue weighted by molar-refractivity contribution is 0.0689. The molecule has 1 N–H and O–H groups in total. The highest BCUT2D eigenvalue weighted by Crippen LogP contribution is 2.14. The first kappa shape index (κ1) is 14.2. The van der Waals surface area contributed by atoms with Gasteiger partial charge < -0.3 is 5.11 Å². The van der Waals surface area contributed by atoms with Gasteiger partial charge in [0.2, 0.25) is 0 Å². The van der Waals surface area contributed by atoms with Crippen LogP contribution in [0.15, 0.2) is 30.3 Å². The van der Waals surface area contributed by atoms with Gasteiger partial charge >= 0.3 is 5.97 Å². The smallest absolute Gasteiger partial charge is 0.358 e. The molecule has 0 aliphatic heterocycles. The fourth-order valence-electron chi connectivity index (χ4n) is 2.02. The third-order valence-corrected chi connectivity index (χ3v) is 3.17. The lowest BCUT2D eigenvalue weighted by atomic mass is 10.1. The predicted octanol–water partition coefficient (Wildman–Crippen LogP) is 2.61. The first-order chi connectivity index (χ1) is 9.58. The number of carboxylic acids is 1. The summed E-state index contributed by atoms with van der Waals surface area (Å²) in [6.45, 7) is 4.96. The van der Waals surface area contributed by atoms with Crippen molar-refractivity contribution in [3.8, 4) is 0 Å². The van der Waals surface area contributed by atoms with Gasteiger partial charge in [-0.05, 0) is 17.9 Å². The summed E-state index contributed by atoms with van der Waals surface area (Å²) < 4.78 is 1.72. The maximum Gasteiger partial charge on any atom is 0.358 e. The topological polar surface area (TPSA) is 68.0 Å². The minimum absolute atomic E-state index is 0.0533. The molecule has 0 aliphatic rings. The van der Waals surface area contributed by atoms with Crippen LogP contribution in [0.5, 0.6) is 0 Å². The van der Waals surface area contributed by atoms with Crippen LogP contribution in [0.2, 0.25) is 0 Å². The molecular weight excluding hydrogens is 254 g/mol. The summed E-state index contributed by atoms with van der Waals surface area (Å²) >= 11 is 0. The first-order valence-corrected chi connectivity index (χ1v) is 6.77. The fourth-order valence-corrected chi connectivity index (χ4v) is 2.02. The van der Waals surface area contributed by atoms with Gasteiger partial charge in [-0.25, -0.2) is 9.48 Å². The van der Waals surface area contributed by atoms with E-state index < -0.39 is 5.97 Å². The molecule has 0 saturated heterocycles. The molecule has 0 radical (unpaired) electrons. The minimum atomic E-state index is -1.02. The summed E-state index contributed by atoms with van der Waals surface area (Å²) in [5.41, 5.74) is 1.78. The zero-order valence-electron chi connectivity index (χ0n) is 11.8. The van der Waals surface area contributed by atoms with Gasteiger partial charge in [0.05, 0.1) is 5.69 Å². The summed E-state index contributed by atoms with van der Waals surface area (Å²) in [5, 5.41) is 17.0. The average molecular weight is 273 g/mol. The van der Waals surface area contributed by atoms with Crippen molar-refractivity contribution in [3.05, 3.63) is 47.3 Å². The van der Waals surface area contributed by atoms with Gasteiger partial charge in [0.15, 0.2) is 5.69 Å². The molecule has 1 aromatic carbocycles. The summed E-state index contributed by atoms with van der Waals surface area (Å²) in [4.78, 5) is 11.2. The Bertz CT molecular complexity index is 576. The van der Waals surface area contributed by atoms with Crippen LogP contribution in [-0.2, 0) is 13.0 Å². The second-order valence-corrected chi connectivity index (χ2v) is 5.26. The van der Waals surface area contributed by atoms with Crippen LogP contribution < -0.4 is 0 Å². The van der Waals surface area contributed by atoms with Gasteiger partial charge in [0.1, 0.15) is 0 Å². The molecule has 2 aromatic rings. The first-order valence-electron chi connectivity index (χ1n) is 6.77. The van der Waals surface area contributed by atoms with Gasteiger partial charge in [-0.3, -0.25) is 0 Å². The molecule has 106 valence electrons. The van der Waals surface area contributed by atoms with Crippen LogP contribution in [0.25, 0.3) is 0 Å². The number of aromatic carboxylic acids is 1. The number of hydrogen-bond acceptors (Lipinski definition) is 3. The number of rotatable bonds is 6. The quantitative estimate of drug-likeness (QED) is 0.878. The number of nitrogens with zero attached hydrogens (tertiary/aromatic N) is 3. The lowest BCUT2D eigenvalue weighted by Gasteiger charge is -2.09. The summed E-state index contributed by atoms with van der Waals surface area (Å²) in [5.74, 6) is -0.483. The number of aryl methyl sites for hydroxylation is 1. The molecule has 0 bridgehead atoms. The molecule has 0 fully saturated rings. The van der Waals surface area contributed by atoms with Crippen molar-refractivity contribution in [2.24, 2.45) is 5.92 Å². The molecule has 0 amide bonds. The summed E-state index contributed by atoms with van der Waals surface area (Å²) in [7, 11) is 0. The van der Waals surface area contributed by atoms with E-state index in [9.17, 15) is 9.90 Å². The Kier molecular flexibility index (Phi) is 4.50. The molecule has 2 rings (SSSR count). The van der Waals surface area contributed by atoms with Gasteiger partial charge in [0, 0.05) is 13.0 Å². The second-order valence-electron chi connectivity index (χ2n) is 5.26. The molecule has 0 aliphatic carbocycles. The third-order valence-electron chi connectivity index (χ3n) is 3.17. The number of benzene rings is 1. The minimum Gasteiger partial charge on any atom is -0.476 e. The lowest BCUT2D eigenvalue weighted by Crippen LogP contribution is -2.10. The van der Waals surface area contributed by atoms with Crippen molar-refractivity contribution in [1.29, 1.82) is 0 Å². The maximum absolute atomic E-state index is 11.2. The zero-order valence-corrected chi connectivity index (χ0v) is 11.8. The van der Waals surface area contributed by atoms with E-state index in [1.54, 1.807) is 4.68 Å². The molecule has 0 saturated carbocycles. The van der Waals surface area contributed by atoms with Crippen molar-refractivity contribution < 1.29 is 9.90 Å². The van der Waals surface area contributed by atoms with E-state index in [4.69, 9.17) is 0 Å². The molecule has 1 aromatic heterocycles. The molecule has 5 heteroatoms. The Balaban J connectivity index is 2.27. The van der Waals surface area contributed by atoms with E-state index in [0.29, 0.717) is 24.6 Å². The highest BCUT2D eigenvalue weighted by molar-refractivity contribution is 5.86. The van der Waals surface area contributed by atoms with Crippen LogP contribution in [0.3, 0.4) is 0 Å². The van der Waals surface area contributed by atoms with Crippen LogP contribution >= 0.6 is 0 Å². The van der Waals surface area contributed by atoms with Crippen molar-refractivity contribution in [2.75, 3.05) is 0 Å². The number of hydrogen-bond donors (Lipinski definition) is 1. The summed E-state index contributed by atoms with van der Waals surface area (Å²) in [6, 6.07) is 9.78. The van der Waals surface area contributed by atoms with Crippen molar-refractivity contribution in [2.45, 2.75) is 33.2 Å². The SMILES string of the molecule is CC(C)CCn1nnc(C(=O)O)c1Cc1ccccc1. The Morgan fingerprint density at radius 3 is 2.60 bits per heavy atom. The van der Waals surface area contributed by atoms with Gasteiger partial charge in [-0.15, -0.1) is 5.10 Å². The number of aromatic nitrogens is 3. The summed E-state index contributed by atoms with van der Waals surface area (Å²) in [6.07, 6.45) is 1.48. The fraction of sp³-hybridized carbons (Fsp3) is 0.400. The number of carbonyl (C=O) groups is 1. The maximum atomic E-state index is 11.2. The van der Waals surface area contributed by atoms with Gasteiger partial charge in [0.25, 0.3) is 0 Å². The third kappa shape index (κ3) is 3.44. The van der Waals surface area contributed by atoms with E-state index in [1.165, 1.54) is 0 Å². The van der Waals surface area contributed by atoms with E-state index in [-0.39, 0.29) is 5.69 Å². The molecule has 20 heavy (non-hydrogen) atoms. The van der Waals surface area contributed by atoms with Crippen LogP contribution in [0.1, 0.15) is 42.0 Å². The largest absolute Gasteiger partial charge is 0.476 e. The monoisotopic (exact) mass is 273 g/mol. The van der Waals surface area contributed by atoms with Crippen molar-refractivity contribution in [3.63, 3.8) is 0 Å². The van der Waals surface area contributed by atoms with E-state index in [0.717, 1.165) is 12.0 Å². The Morgan fingerprint density at radius 2 is 2.00 bits per heavy atom. The van der Waals surface area contributed by atoms with E-state index in [2.05, 4.69) is 24.2 Å². The highest BCUT2D eigenvalue weighted by Gasteiger charge is 2.19. The molecule has 0 spiro atoms. The van der Waals surface area contributed by atoms with Crippen LogP contribution in [0.4, 0.5) is 0 Å². The van der Waals surface area contributed by atoms with E-state index in [1.807, 2.05) is 30.3 Å². The second kappa shape index (κ2) is 6.32. The van der Waals surface area contributed by atoms with Crippen LogP contribution in [0, 0.1) is 5.92 Å². The van der Waals surface area contributed by atoms with Crippen molar-refractivity contribution in [1.82, 2.24) is 15.0 Å². The average Bonchev–Trinajstić information content (AvgIpc) is 2.80. The molecular formula is C15H19N3O2. The van der Waals surface area contributed by atoms with E-state index >= 15 is 0 Å². The predicted molar refractivity (Wildman–Crippen MR) is 75.7 cm³/mol.